The number of imide groups is 1. The van der Waals surface area contributed by atoms with Gasteiger partial charge in [0.15, 0.2) is 11.4 Å². The summed E-state index contributed by atoms with van der Waals surface area (Å²) in [5, 5.41) is 17.0. The monoisotopic (exact) mass is 366 g/mol. The molecule has 138 valence electrons. The second-order valence-electron chi connectivity index (χ2n) is 6.47. The molecule has 1 aliphatic rings. The summed E-state index contributed by atoms with van der Waals surface area (Å²) in [6.45, 7) is 0.0112. The number of nitrogens with two attached hydrogens (primary N) is 1. The topological polar surface area (TPSA) is 119 Å². The average Bonchev–Trinajstić information content (AvgIpc) is 3.11. The smallest absolute Gasteiger partial charge is 0.322 e. The summed E-state index contributed by atoms with van der Waals surface area (Å²) in [6, 6.07) is 11.4. The second kappa shape index (κ2) is 5.94. The fourth-order valence-electron chi connectivity index (χ4n) is 3.40. The van der Waals surface area contributed by atoms with Gasteiger partial charge in [-0.05, 0) is 35.9 Å². The van der Waals surface area contributed by atoms with Gasteiger partial charge in [0.05, 0.1) is 13.7 Å². The molecule has 2 aromatic carbocycles. The molecule has 1 aromatic heterocycles. The largest absolute Gasteiger partial charge is 0.497 e. The Balaban J connectivity index is 1.82. The van der Waals surface area contributed by atoms with E-state index in [1.54, 1.807) is 55.8 Å². The van der Waals surface area contributed by atoms with Gasteiger partial charge in [-0.2, -0.15) is 0 Å². The lowest BCUT2D eigenvalue weighted by molar-refractivity contribution is -0.124. The van der Waals surface area contributed by atoms with Gasteiger partial charge in [-0.3, -0.25) is 10.1 Å². The van der Waals surface area contributed by atoms with Crippen LogP contribution in [0.1, 0.15) is 5.56 Å². The number of methoxy groups -OCH3 is 1. The first-order valence-electron chi connectivity index (χ1n) is 8.28. The molecular weight excluding hydrogens is 348 g/mol. The SMILES string of the molecule is COc1ccc2c(O)n(CC3(c4ccc(N)cc4)NC(=O)NC3=O)cc2c1. The Kier molecular flexibility index (Phi) is 3.69. The number of fused-ring (bicyclic) bond motifs is 1. The van der Waals surface area contributed by atoms with Gasteiger partial charge in [0.2, 0.25) is 0 Å². The van der Waals surface area contributed by atoms with Crippen LogP contribution in [0, 0.1) is 0 Å². The number of nitrogens with zero attached hydrogens (tertiary/aromatic N) is 1. The zero-order valence-electron chi connectivity index (χ0n) is 14.5. The first-order chi connectivity index (χ1) is 12.9. The maximum Gasteiger partial charge on any atom is 0.322 e. The molecule has 0 aliphatic carbocycles. The van der Waals surface area contributed by atoms with Crippen LogP contribution in [0.2, 0.25) is 0 Å². The number of ether oxygens (including phenoxy) is 1. The van der Waals surface area contributed by atoms with Gasteiger partial charge in [-0.15, -0.1) is 0 Å². The van der Waals surface area contributed by atoms with Crippen molar-refractivity contribution in [3.05, 3.63) is 54.2 Å². The van der Waals surface area contributed by atoms with Crippen LogP contribution in [-0.2, 0) is 16.9 Å². The van der Waals surface area contributed by atoms with Crippen LogP contribution in [0.5, 0.6) is 11.6 Å². The van der Waals surface area contributed by atoms with Crippen LogP contribution in [0.4, 0.5) is 10.5 Å². The van der Waals surface area contributed by atoms with Crippen LogP contribution in [0.15, 0.2) is 48.7 Å². The molecule has 8 nitrogen and oxygen atoms in total. The molecule has 0 bridgehead atoms. The van der Waals surface area contributed by atoms with Crippen molar-refractivity contribution in [2.75, 3.05) is 12.8 Å². The number of aromatic hydroxyl groups is 1. The highest BCUT2D eigenvalue weighted by molar-refractivity contribution is 6.07. The van der Waals surface area contributed by atoms with Crippen LogP contribution in [0.25, 0.3) is 10.8 Å². The van der Waals surface area contributed by atoms with Crippen molar-refractivity contribution in [1.82, 2.24) is 15.2 Å². The van der Waals surface area contributed by atoms with Gasteiger partial charge < -0.3 is 25.5 Å². The van der Waals surface area contributed by atoms with Crippen molar-refractivity contribution < 1.29 is 19.4 Å². The summed E-state index contributed by atoms with van der Waals surface area (Å²) in [7, 11) is 1.56. The van der Waals surface area contributed by atoms with E-state index in [1.807, 2.05) is 0 Å². The summed E-state index contributed by atoms with van der Waals surface area (Å²) < 4.78 is 6.75. The standard InChI is InChI=1S/C19H18N4O4/c1-27-14-6-7-15-11(8-14)9-23(16(15)24)10-19(17(25)21-18(26)22-19)12-2-4-13(20)5-3-12/h2-9,24H,10,20H2,1H3,(H2,21,22,25,26). The number of benzene rings is 2. The van der Waals surface area contributed by atoms with Crippen LogP contribution < -0.4 is 21.1 Å². The molecule has 8 heteroatoms. The highest BCUT2D eigenvalue weighted by Crippen LogP contribution is 2.34. The maximum atomic E-state index is 12.7. The molecule has 3 aromatic rings. The summed E-state index contributed by atoms with van der Waals surface area (Å²) in [4.78, 5) is 24.6. The summed E-state index contributed by atoms with van der Waals surface area (Å²) in [6.07, 6.45) is 1.71. The van der Waals surface area contributed by atoms with E-state index in [4.69, 9.17) is 10.5 Å². The van der Waals surface area contributed by atoms with Crippen molar-refractivity contribution in [3.63, 3.8) is 0 Å². The summed E-state index contributed by atoms with van der Waals surface area (Å²) in [5.74, 6) is 0.156. The number of nitrogens with one attached hydrogen (secondary N) is 2. The Morgan fingerprint density at radius 2 is 1.93 bits per heavy atom. The number of carbonyl (C=O) groups excluding carboxylic acids is 2. The molecule has 1 aliphatic heterocycles. The molecule has 5 N–H and O–H groups in total. The van der Waals surface area contributed by atoms with E-state index < -0.39 is 17.5 Å². The lowest BCUT2D eigenvalue weighted by Crippen LogP contribution is -2.47. The Morgan fingerprint density at radius 1 is 1.19 bits per heavy atom. The average molecular weight is 366 g/mol. The number of hydrogen-bond acceptors (Lipinski definition) is 5. The maximum absolute atomic E-state index is 12.7. The number of nitrogen functional groups attached to an aromatic ring is 1. The fourth-order valence-corrected chi connectivity index (χ4v) is 3.40. The summed E-state index contributed by atoms with van der Waals surface area (Å²) >= 11 is 0. The Hall–Kier alpha value is -3.68. The zero-order chi connectivity index (χ0) is 19.2. The van der Waals surface area contributed by atoms with Crippen molar-refractivity contribution >= 4 is 28.4 Å². The molecule has 4 rings (SSSR count). The molecule has 0 radical (unpaired) electrons. The quantitative estimate of drug-likeness (QED) is 0.414. The third kappa shape index (κ3) is 2.62. The lowest BCUT2D eigenvalue weighted by atomic mass is 9.89. The number of urea groups is 1. The van der Waals surface area contributed by atoms with Crippen LogP contribution in [-0.4, -0.2) is 28.7 Å². The number of carbonyl (C=O) groups is 2. The number of amides is 3. The van der Waals surface area contributed by atoms with Crippen molar-refractivity contribution in [3.8, 4) is 11.6 Å². The third-order valence-corrected chi connectivity index (χ3v) is 4.82. The molecule has 1 unspecified atom stereocenters. The molecule has 2 heterocycles. The minimum Gasteiger partial charge on any atom is -0.497 e. The number of rotatable bonds is 4. The second-order valence-corrected chi connectivity index (χ2v) is 6.47. The van der Waals surface area contributed by atoms with Gasteiger partial charge in [0.1, 0.15) is 5.75 Å². The first-order valence-corrected chi connectivity index (χ1v) is 8.28. The number of anilines is 1. The molecule has 1 saturated heterocycles. The Morgan fingerprint density at radius 3 is 2.56 bits per heavy atom. The van der Waals surface area contributed by atoms with Gasteiger partial charge >= 0.3 is 6.03 Å². The summed E-state index contributed by atoms with van der Waals surface area (Å²) in [5.41, 5.74) is 5.49. The molecule has 1 atom stereocenters. The van der Waals surface area contributed by atoms with Gasteiger partial charge in [-0.1, -0.05) is 12.1 Å². The highest BCUT2D eigenvalue weighted by atomic mass is 16.5. The lowest BCUT2D eigenvalue weighted by Gasteiger charge is -2.27. The van der Waals surface area contributed by atoms with E-state index in [-0.39, 0.29) is 12.4 Å². The molecule has 1 fully saturated rings. The third-order valence-electron chi connectivity index (χ3n) is 4.82. The molecule has 0 saturated carbocycles. The molecule has 27 heavy (non-hydrogen) atoms. The molecular formula is C19H18N4O4. The zero-order valence-corrected chi connectivity index (χ0v) is 14.5. The van der Waals surface area contributed by atoms with E-state index in [1.165, 1.54) is 4.57 Å². The van der Waals surface area contributed by atoms with Crippen LogP contribution >= 0.6 is 0 Å². The number of hydrogen-bond donors (Lipinski definition) is 4. The number of aromatic nitrogens is 1. The van der Waals surface area contributed by atoms with E-state index in [2.05, 4.69) is 10.6 Å². The predicted molar refractivity (Wildman–Crippen MR) is 99.4 cm³/mol. The molecule has 3 amide bonds. The van der Waals surface area contributed by atoms with E-state index in [0.29, 0.717) is 22.4 Å². The normalized spacial score (nSPS) is 19.1. The van der Waals surface area contributed by atoms with Gasteiger partial charge in [0, 0.05) is 22.7 Å². The van der Waals surface area contributed by atoms with Crippen molar-refractivity contribution in [1.29, 1.82) is 0 Å². The van der Waals surface area contributed by atoms with Crippen LogP contribution in [0.3, 0.4) is 0 Å². The highest BCUT2D eigenvalue weighted by Gasteiger charge is 2.48. The minimum absolute atomic E-state index is 0.00331. The van der Waals surface area contributed by atoms with E-state index >= 15 is 0 Å². The van der Waals surface area contributed by atoms with Crippen molar-refractivity contribution in [2.24, 2.45) is 0 Å². The first kappa shape index (κ1) is 16.8. The Labute approximate surface area is 154 Å². The minimum atomic E-state index is -1.36. The van der Waals surface area contributed by atoms with Gasteiger partial charge in [0.25, 0.3) is 5.91 Å². The predicted octanol–water partition coefficient (Wildman–Crippen LogP) is 1.67. The Bertz CT molecular complexity index is 1060. The van der Waals surface area contributed by atoms with Crippen molar-refractivity contribution in [2.45, 2.75) is 12.1 Å². The van der Waals surface area contributed by atoms with E-state index in [9.17, 15) is 14.7 Å². The van der Waals surface area contributed by atoms with Gasteiger partial charge in [-0.25, -0.2) is 4.79 Å². The molecule has 0 spiro atoms. The van der Waals surface area contributed by atoms with E-state index in [0.717, 1.165) is 5.39 Å². The fraction of sp³-hybridized carbons (Fsp3) is 0.158.